The van der Waals surface area contributed by atoms with E-state index in [1.165, 1.54) is 0 Å². The Morgan fingerprint density at radius 3 is 2.52 bits per heavy atom. The Kier molecular flexibility index (Phi) is 5.91. The second-order valence-corrected chi connectivity index (χ2v) is 7.30. The second kappa shape index (κ2) is 8.92. The fourth-order valence-corrected chi connectivity index (χ4v) is 3.28. The second-order valence-electron chi connectivity index (χ2n) is 6.45. The number of para-hydroxylation sites is 1. The SMILES string of the molecule is COc1ccc(Cc2nnc(-c3cccc(COc4ccccc4Br)c3)o2)cc1. The predicted octanol–water partition coefficient (Wildman–Crippen LogP) is 5.68. The van der Waals surface area contributed by atoms with Gasteiger partial charge < -0.3 is 13.9 Å². The molecule has 4 rings (SSSR count). The topological polar surface area (TPSA) is 57.4 Å². The van der Waals surface area contributed by atoms with Crippen LogP contribution in [0.1, 0.15) is 17.0 Å². The fraction of sp³-hybridized carbons (Fsp3) is 0.130. The number of nitrogens with zero attached hydrogens (tertiary/aromatic N) is 2. The van der Waals surface area contributed by atoms with Crippen LogP contribution in [0, 0.1) is 0 Å². The van der Waals surface area contributed by atoms with Crippen LogP contribution in [0.4, 0.5) is 0 Å². The highest BCUT2D eigenvalue weighted by Gasteiger charge is 2.10. The molecule has 3 aromatic carbocycles. The standard InChI is InChI=1S/C23H19BrN2O3/c1-27-19-11-9-16(10-12-19)14-22-25-26-23(29-22)18-6-4-5-17(13-18)15-28-21-8-3-2-7-20(21)24/h2-13H,14-15H2,1H3. The number of hydrogen-bond acceptors (Lipinski definition) is 5. The Bertz CT molecular complexity index is 1090. The van der Waals surface area contributed by atoms with E-state index in [0.717, 1.165) is 32.7 Å². The van der Waals surface area contributed by atoms with E-state index in [-0.39, 0.29) is 0 Å². The molecule has 0 aliphatic rings. The Balaban J connectivity index is 1.45. The molecule has 146 valence electrons. The third-order valence-electron chi connectivity index (χ3n) is 4.39. The molecule has 0 N–H and O–H groups in total. The van der Waals surface area contributed by atoms with Gasteiger partial charge >= 0.3 is 0 Å². The van der Waals surface area contributed by atoms with Gasteiger partial charge in [0.15, 0.2) is 0 Å². The molecule has 0 radical (unpaired) electrons. The van der Waals surface area contributed by atoms with Gasteiger partial charge in [0.25, 0.3) is 0 Å². The van der Waals surface area contributed by atoms with Gasteiger partial charge in [-0.2, -0.15) is 0 Å². The first kappa shape index (κ1) is 19.2. The average molecular weight is 451 g/mol. The van der Waals surface area contributed by atoms with Crippen LogP contribution < -0.4 is 9.47 Å². The predicted molar refractivity (Wildman–Crippen MR) is 114 cm³/mol. The zero-order valence-electron chi connectivity index (χ0n) is 15.8. The Labute approximate surface area is 177 Å². The molecule has 0 saturated carbocycles. The van der Waals surface area contributed by atoms with Crippen molar-refractivity contribution in [2.75, 3.05) is 7.11 Å². The summed E-state index contributed by atoms with van der Waals surface area (Å²) in [7, 11) is 1.65. The molecule has 5 nitrogen and oxygen atoms in total. The normalized spacial score (nSPS) is 10.7. The summed E-state index contributed by atoms with van der Waals surface area (Å²) < 4.78 is 17.9. The van der Waals surface area contributed by atoms with E-state index in [1.807, 2.05) is 72.8 Å². The van der Waals surface area contributed by atoms with Crippen LogP contribution in [-0.2, 0) is 13.0 Å². The van der Waals surface area contributed by atoms with Crippen molar-refractivity contribution in [3.05, 3.63) is 94.3 Å². The number of ether oxygens (including phenoxy) is 2. The smallest absolute Gasteiger partial charge is 0.247 e. The minimum Gasteiger partial charge on any atom is -0.497 e. The molecule has 0 bridgehead atoms. The number of rotatable bonds is 7. The number of hydrogen-bond donors (Lipinski definition) is 0. The van der Waals surface area contributed by atoms with E-state index >= 15 is 0 Å². The molecule has 0 aliphatic heterocycles. The third kappa shape index (κ3) is 4.84. The quantitative estimate of drug-likeness (QED) is 0.362. The zero-order chi connectivity index (χ0) is 20.1. The van der Waals surface area contributed by atoms with Crippen molar-refractivity contribution < 1.29 is 13.9 Å². The van der Waals surface area contributed by atoms with E-state index in [2.05, 4.69) is 26.1 Å². The maximum atomic E-state index is 5.89. The van der Waals surface area contributed by atoms with E-state index in [0.29, 0.717) is 24.8 Å². The molecule has 6 heteroatoms. The molecule has 0 unspecified atom stereocenters. The van der Waals surface area contributed by atoms with Crippen LogP contribution in [0.5, 0.6) is 11.5 Å². The lowest BCUT2D eigenvalue weighted by Gasteiger charge is -2.08. The number of aromatic nitrogens is 2. The van der Waals surface area contributed by atoms with Crippen molar-refractivity contribution in [1.29, 1.82) is 0 Å². The van der Waals surface area contributed by atoms with E-state index in [1.54, 1.807) is 7.11 Å². The molecule has 1 heterocycles. The molecule has 0 spiro atoms. The lowest BCUT2D eigenvalue weighted by atomic mass is 10.1. The molecule has 0 saturated heterocycles. The summed E-state index contributed by atoms with van der Waals surface area (Å²) in [5, 5.41) is 8.38. The van der Waals surface area contributed by atoms with Crippen LogP contribution in [0.15, 0.2) is 81.7 Å². The highest BCUT2D eigenvalue weighted by Crippen LogP contribution is 2.26. The van der Waals surface area contributed by atoms with E-state index in [9.17, 15) is 0 Å². The minimum absolute atomic E-state index is 0.448. The highest BCUT2D eigenvalue weighted by atomic mass is 79.9. The Hall–Kier alpha value is -3.12. The molecular weight excluding hydrogens is 432 g/mol. The first-order valence-electron chi connectivity index (χ1n) is 9.13. The fourth-order valence-electron chi connectivity index (χ4n) is 2.88. The van der Waals surface area contributed by atoms with Crippen LogP contribution in [0.25, 0.3) is 11.5 Å². The van der Waals surface area contributed by atoms with Gasteiger partial charge in [0.2, 0.25) is 11.8 Å². The summed E-state index contributed by atoms with van der Waals surface area (Å²) in [6, 6.07) is 23.5. The largest absolute Gasteiger partial charge is 0.497 e. The van der Waals surface area contributed by atoms with Gasteiger partial charge in [-0.1, -0.05) is 36.4 Å². The van der Waals surface area contributed by atoms with Crippen molar-refractivity contribution >= 4 is 15.9 Å². The number of benzene rings is 3. The summed E-state index contributed by atoms with van der Waals surface area (Å²) in [6.45, 7) is 0.448. The lowest BCUT2D eigenvalue weighted by molar-refractivity contribution is 0.304. The van der Waals surface area contributed by atoms with Gasteiger partial charge in [0.05, 0.1) is 18.0 Å². The van der Waals surface area contributed by atoms with Crippen LogP contribution in [0.3, 0.4) is 0 Å². The summed E-state index contributed by atoms with van der Waals surface area (Å²) in [6.07, 6.45) is 0.571. The molecule has 4 aromatic rings. The molecule has 0 atom stereocenters. The van der Waals surface area contributed by atoms with Crippen molar-refractivity contribution in [2.24, 2.45) is 0 Å². The Morgan fingerprint density at radius 1 is 0.897 bits per heavy atom. The van der Waals surface area contributed by atoms with Crippen LogP contribution in [-0.4, -0.2) is 17.3 Å². The van der Waals surface area contributed by atoms with Gasteiger partial charge in [-0.05, 0) is 63.5 Å². The van der Waals surface area contributed by atoms with Crippen molar-refractivity contribution in [1.82, 2.24) is 10.2 Å². The lowest BCUT2D eigenvalue weighted by Crippen LogP contribution is -1.96. The van der Waals surface area contributed by atoms with Gasteiger partial charge in [-0.25, -0.2) is 0 Å². The molecule has 1 aromatic heterocycles. The monoisotopic (exact) mass is 450 g/mol. The van der Waals surface area contributed by atoms with Crippen LogP contribution in [0.2, 0.25) is 0 Å². The molecular formula is C23H19BrN2O3. The van der Waals surface area contributed by atoms with Crippen molar-refractivity contribution in [2.45, 2.75) is 13.0 Å². The van der Waals surface area contributed by atoms with Crippen LogP contribution >= 0.6 is 15.9 Å². The summed E-state index contributed by atoms with van der Waals surface area (Å²) in [5.41, 5.74) is 2.97. The summed E-state index contributed by atoms with van der Waals surface area (Å²) in [4.78, 5) is 0. The maximum Gasteiger partial charge on any atom is 0.247 e. The Morgan fingerprint density at radius 2 is 1.72 bits per heavy atom. The average Bonchev–Trinajstić information content (AvgIpc) is 3.22. The highest BCUT2D eigenvalue weighted by molar-refractivity contribution is 9.10. The number of halogens is 1. The van der Waals surface area contributed by atoms with Gasteiger partial charge in [0.1, 0.15) is 18.1 Å². The van der Waals surface area contributed by atoms with Gasteiger partial charge in [-0.3, -0.25) is 0 Å². The van der Waals surface area contributed by atoms with Crippen molar-refractivity contribution in [3.8, 4) is 23.0 Å². The minimum atomic E-state index is 0.448. The van der Waals surface area contributed by atoms with Gasteiger partial charge in [-0.15, -0.1) is 10.2 Å². The molecule has 0 amide bonds. The van der Waals surface area contributed by atoms with E-state index in [4.69, 9.17) is 13.9 Å². The van der Waals surface area contributed by atoms with E-state index < -0.39 is 0 Å². The number of methoxy groups -OCH3 is 1. The summed E-state index contributed by atoms with van der Waals surface area (Å²) in [5.74, 6) is 2.69. The first-order valence-corrected chi connectivity index (χ1v) is 9.92. The summed E-state index contributed by atoms with van der Waals surface area (Å²) >= 11 is 3.49. The molecule has 0 fully saturated rings. The van der Waals surface area contributed by atoms with Crippen molar-refractivity contribution in [3.63, 3.8) is 0 Å². The molecule has 29 heavy (non-hydrogen) atoms. The first-order chi connectivity index (χ1) is 14.2. The zero-order valence-corrected chi connectivity index (χ0v) is 17.4. The maximum absolute atomic E-state index is 5.89. The molecule has 0 aliphatic carbocycles. The third-order valence-corrected chi connectivity index (χ3v) is 5.04. The van der Waals surface area contributed by atoms with Gasteiger partial charge in [0, 0.05) is 5.56 Å².